The highest BCUT2D eigenvalue weighted by Crippen LogP contribution is 2.35. The zero-order valence-electron chi connectivity index (χ0n) is 13.4. The Labute approximate surface area is 141 Å². The fourth-order valence-corrected chi connectivity index (χ4v) is 3.29. The summed E-state index contributed by atoms with van der Waals surface area (Å²) in [5.74, 6) is 0.725. The Morgan fingerprint density at radius 2 is 2.08 bits per heavy atom. The monoisotopic (exact) mass is 335 g/mol. The van der Waals surface area contributed by atoms with Gasteiger partial charge in [-0.05, 0) is 47.1 Å². The third-order valence-corrected chi connectivity index (χ3v) is 4.51. The first-order chi connectivity index (χ1) is 12.2. The van der Waals surface area contributed by atoms with E-state index >= 15 is 0 Å². The van der Waals surface area contributed by atoms with Crippen LogP contribution in [0.15, 0.2) is 50.2 Å². The minimum atomic E-state index is -0.363. The molecule has 2 aromatic carbocycles. The van der Waals surface area contributed by atoms with Crippen molar-refractivity contribution in [3.05, 3.63) is 57.9 Å². The normalized spacial score (nSPS) is 13.9. The van der Waals surface area contributed by atoms with E-state index in [4.69, 9.17) is 13.8 Å². The van der Waals surface area contributed by atoms with E-state index < -0.39 is 0 Å². The summed E-state index contributed by atoms with van der Waals surface area (Å²) in [7, 11) is 0. The van der Waals surface area contributed by atoms with E-state index in [0.29, 0.717) is 29.9 Å². The molecule has 3 heterocycles. The number of fused-ring (bicyclic) bond motifs is 4. The van der Waals surface area contributed by atoms with Crippen LogP contribution < -0.4 is 15.3 Å². The van der Waals surface area contributed by atoms with Gasteiger partial charge < -0.3 is 14.1 Å². The molecule has 5 rings (SSSR count). The Kier molecular flexibility index (Phi) is 2.85. The van der Waals surface area contributed by atoms with Crippen molar-refractivity contribution in [1.29, 1.82) is 0 Å². The van der Waals surface area contributed by atoms with Gasteiger partial charge in [0.15, 0.2) is 12.2 Å². The van der Waals surface area contributed by atoms with Gasteiger partial charge in [-0.25, -0.2) is 9.42 Å². The fraction of sp³-hybridized carbons (Fsp3) is 0.167. The van der Waals surface area contributed by atoms with Crippen molar-refractivity contribution in [2.24, 2.45) is 0 Å². The van der Waals surface area contributed by atoms with Crippen LogP contribution in [0.3, 0.4) is 0 Å². The summed E-state index contributed by atoms with van der Waals surface area (Å²) >= 11 is 0. The van der Waals surface area contributed by atoms with Crippen LogP contribution in [0.5, 0.6) is 5.75 Å². The predicted molar refractivity (Wildman–Crippen MR) is 90.7 cm³/mol. The van der Waals surface area contributed by atoms with E-state index in [1.54, 1.807) is 0 Å². The van der Waals surface area contributed by atoms with Crippen molar-refractivity contribution in [1.82, 2.24) is 10.3 Å². The van der Waals surface area contributed by atoms with E-state index in [0.717, 1.165) is 28.0 Å². The highest BCUT2D eigenvalue weighted by atomic mass is 16.6. The Morgan fingerprint density at radius 1 is 1.16 bits per heavy atom. The van der Waals surface area contributed by atoms with Crippen LogP contribution in [0, 0.1) is 6.92 Å². The maximum absolute atomic E-state index is 11.8. The Hall–Kier alpha value is -3.35. The second-order valence-electron chi connectivity index (χ2n) is 6.05. The lowest BCUT2D eigenvalue weighted by Gasteiger charge is -2.30. The number of benzene rings is 2. The van der Waals surface area contributed by atoms with E-state index in [2.05, 4.69) is 10.3 Å². The summed E-state index contributed by atoms with van der Waals surface area (Å²) in [6.45, 7) is 2.79. The molecule has 0 N–H and O–H groups in total. The second-order valence-corrected chi connectivity index (χ2v) is 6.05. The van der Waals surface area contributed by atoms with Crippen LogP contribution in [0.2, 0.25) is 0 Å². The first-order valence-corrected chi connectivity index (χ1v) is 7.86. The quantitative estimate of drug-likeness (QED) is 0.495. The van der Waals surface area contributed by atoms with Gasteiger partial charge >= 0.3 is 5.63 Å². The molecule has 0 saturated heterocycles. The van der Waals surface area contributed by atoms with Gasteiger partial charge in [-0.2, -0.15) is 0 Å². The molecule has 7 nitrogen and oxygen atoms in total. The van der Waals surface area contributed by atoms with Crippen LogP contribution >= 0.6 is 0 Å². The summed E-state index contributed by atoms with van der Waals surface area (Å²) in [6.07, 6.45) is 0. The fourth-order valence-electron chi connectivity index (χ4n) is 3.29. The number of aromatic nitrogens is 2. The SMILES string of the molecule is Cc1cc(=O)oc2c3c(ccc12)OCN(c1cccc2nonc12)C3. The van der Waals surface area contributed by atoms with Gasteiger partial charge in [0.25, 0.3) is 0 Å². The summed E-state index contributed by atoms with van der Waals surface area (Å²) in [5.41, 5.74) is 4.15. The standard InChI is InChI=1S/C18H13N3O4/c1-10-7-16(22)24-18-11(10)5-6-15-12(18)8-21(9-23-15)14-4-2-3-13-17(14)20-25-19-13/h2-7H,8-9H2,1H3. The molecule has 0 saturated carbocycles. The van der Waals surface area contributed by atoms with Gasteiger partial charge in [0.05, 0.1) is 17.8 Å². The van der Waals surface area contributed by atoms with E-state index in [9.17, 15) is 4.79 Å². The Morgan fingerprint density at radius 3 is 3.00 bits per heavy atom. The predicted octanol–water partition coefficient (Wildman–Crippen LogP) is 2.99. The zero-order valence-corrected chi connectivity index (χ0v) is 13.4. The molecular weight excluding hydrogens is 322 g/mol. The highest BCUT2D eigenvalue weighted by molar-refractivity contribution is 5.89. The lowest BCUT2D eigenvalue weighted by molar-refractivity contribution is 0.289. The molecule has 0 amide bonds. The molecule has 0 spiro atoms. The lowest BCUT2D eigenvalue weighted by Crippen LogP contribution is -2.32. The number of rotatable bonds is 1. The summed E-state index contributed by atoms with van der Waals surface area (Å²) in [6, 6.07) is 11.0. The third-order valence-electron chi connectivity index (χ3n) is 4.51. The number of hydrogen-bond acceptors (Lipinski definition) is 7. The minimum Gasteiger partial charge on any atom is -0.473 e. The van der Waals surface area contributed by atoms with Crippen LogP contribution in [0.25, 0.3) is 22.0 Å². The summed E-state index contributed by atoms with van der Waals surface area (Å²) in [5, 5.41) is 8.77. The number of aryl methyl sites for hydroxylation is 1. The highest BCUT2D eigenvalue weighted by Gasteiger charge is 2.24. The van der Waals surface area contributed by atoms with Gasteiger partial charge in [0, 0.05) is 11.5 Å². The van der Waals surface area contributed by atoms with E-state index in [1.165, 1.54) is 6.07 Å². The van der Waals surface area contributed by atoms with Gasteiger partial charge in [0.1, 0.15) is 16.8 Å². The molecular formula is C18H13N3O4. The lowest BCUT2D eigenvalue weighted by atomic mass is 10.0. The Bertz CT molecular complexity index is 1180. The summed E-state index contributed by atoms with van der Waals surface area (Å²) in [4.78, 5) is 13.8. The van der Waals surface area contributed by atoms with Crippen molar-refractivity contribution in [3.8, 4) is 5.75 Å². The molecule has 0 aliphatic carbocycles. The molecule has 0 bridgehead atoms. The molecule has 124 valence electrons. The number of ether oxygens (including phenoxy) is 1. The van der Waals surface area contributed by atoms with Crippen LogP contribution in [0.4, 0.5) is 5.69 Å². The molecule has 7 heteroatoms. The smallest absolute Gasteiger partial charge is 0.336 e. The first kappa shape index (κ1) is 14.0. The number of anilines is 1. The van der Waals surface area contributed by atoms with E-state index in [-0.39, 0.29) is 5.63 Å². The maximum Gasteiger partial charge on any atom is 0.336 e. The molecule has 1 aliphatic rings. The minimum absolute atomic E-state index is 0.362. The van der Waals surface area contributed by atoms with Crippen molar-refractivity contribution in [2.45, 2.75) is 13.5 Å². The van der Waals surface area contributed by atoms with E-state index in [1.807, 2.05) is 42.2 Å². The zero-order chi connectivity index (χ0) is 17.0. The second kappa shape index (κ2) is 5.07. The van der Waals surface area contributed by atoms with Crippen molar-refractivity contribution in [2.75, 3.05) is 11.6 Å². The maximum atomic E-state index is 11.8. The molecule has 0 unspecified atom stereocenters. The molecule has 0 radical (unpaired) electrons. The van der Waals surface area contributed by atoms with Crippen molar-refractivity contribution < 1.29 is 13.8 Å². The average molecular weight is 335 g/mol. The molecule has 4 aromatic rings. The summed E-state index contributed by atoms with van der Waals surface area (Å²) < 4.78 is 16.2. The van der Waals surface area contributed by atoms with Crippen LogP contribution in [0.1, 0.15) is 11.1 Å². The Balaban J connectivity index is 1.68. The van der Waals surface area contributed by atoms with Gasteiger partial charge in [0.2, 0.25) is 0 Å². The van der Waals surface area contributed by atoms with Gasteiger partial charge in [-0.3, -0.25) is 0 Å². The van der Waals surface area contributed by atoms with Crippen molar-refractivity contribution >= 4 is 27.7 Å². The topological polar surface area (TPSA) is 81.6 Å². The average Bonchev–Trinajstić information content (AvgIpc) is 3.09. The number of hydrogen-bond donors (Lipinski definition) is 0. The first-order valence-electron chi connectivity index (χ1n) is 7.86. The molecule has 25 heavy (non-hydrogen) atoms. The molecule has 1 aliphatic heterocycles. The van der Waals surface area contributed by atoms with Gasteiger partial charge in [-0.1, -0.05) is 6.07 Å². The van der Waals surface area contributed by atoms with Crippen LogP contribution in [-0.2, 0) is 6.54 Å². The molecule has 2 aromatic heterocycles. The molecule has 0 atom stereocenters. The van der Waals surface area contributed by atoms with Crippen molar-refractivity contribution in [3.63, 3.8) is 0 Å². The molecule has 0 fully saturated rings. The largest absolute Gasteiger partial charge is 0.473 e. The third kappa shape index (κ3) is 2.09. The number of nitrogens with zero attached hydrogens (tertiary/aromatic N) is 3. The van der Waals surface area contributed by atoms with Gasteiger partial charge in [-0.15, -0.1) is 0 Å². The van der Waals surface area contributed by atoms with Crippen LogP contribution in [-0.4, -0.2) is 17.0 Å².